The van der Waals surface area contributed by atoms with Gasteiger partial charge in [-0.1, -0.05) is 44.2 Å². The van der Waals surface area contributed by atoms with Crippen LogP contribution in [-0.4, -0.2) is 24.1 Å². The molecule has 3 heteroatoms. The highest BCUT2D eigenvalue weighted by Gasteiger charge is 2.19. The molecule has 1 rings (SSSR count). The van der Waals surface area contributed by atoms with Gasteiger partial charge < -0.3 is 14.6 Å². The van der Waals surface area contributed by atoms with Crippen LogP contribution in [-0.2, 0) is 16.1 Å². The highest BCUT2D eigenvalue weighted by Crippen LogP contribution is 2.14. The van der Waals surface area contributed by atoms with Gasteiger partial charge in [0, 0.05) is 5.92 Å². The van der Waals surface area contributed by atoms with E-state index in [0.717, 1.165) is 11.8 Å². The van der Waals surface area contributed by atoms with Crippen LogP contribution in [0.5, 0.6) is 0 Å². The van der Waals surface area contributed by atoms with Crippen LogP contribution < -0.4 is 0 Å². The lowest BCUT2D eigenvalue weighted by Crippen LogP contribution is -2.28. The molecule has 2 atom stereocenters. The van der Waals surface area contributed by atoms with Gasteiger partial charge in [-0.2, -0.15) is 0 Å². The van der Waals surface area contributed by atoms with Gasteiger partial charge in [-0.3, -0.25) is 0 Å². The number of hydrogen-bond donors (Lipinski definition) is 1. The van der Waals surface area contributed by atoms with Crippen LogP contribution in [0.15, 0.2) is 30.3 Å². The van der Waals surface area contributed by atoms with E-state index in [1.807, 2.05) is 44.2 Å². The van der Waals surface area contributed by atoms with E-state index in [4.69, 9.17) is 4.74 Å². The van der Waals surface area contributed by atoms with Gasteiger partial charge in [-0.05, 0) is 17.9 Å². The first-order valence-electron chi connectivity index (χ1n) is 6.38. The van der Waals surface area contributed by atoms with Crippen molar-refractivity contribution in [3.8, 4) is 0 Å². The van der Waals surface area contributed by atoms with Crippen molar-refractivity contribution < 1.29 is 14.6 Å². The molecule has 0 aliphatic heterocycles. The Morgan fingerprint density at radius 3 is 2.50 bits per heavy atom. The number of ether oxygens (including phenoxy) is 1. The molecule has 0 fully saturated rings. The van der Waals surface area contributed by atoms with Crippen LogP contribution in [0.4, 0.5) is 0 Å². The fraction of sp³-hybridized carbons (Fsp3) is 0.533. The number of benzene rings is 1. The number of aliphatic hydroxyl groups is 1. The number of carbonyl (C=O) groups excluding carboxylic acids is 1. The van der Waals surface area contributed by atoms with Crippen LogP contribution in [0.2, 0.25) is 0 Å². The predicted molar refractivity (Wildman–Crippen MR) is 71.1 cm³/mol. The van der Waals surface area contributed by atoms with Gasteiger partial charge in [0.1, 0.15) is 6.29 Å². The maximum Gasteiger partial charge on any atom is 0.125 e. The lowest BCUT2D eigenvalue weighted by atomic mass is 9.94. The van der Waals surface area contributed by atoms with E-state index >= 15 is 0 Å². The summed E-state index contributed by atoms with van der Waals surface area (Å²) in [5.41, 5.74) is 1.07. The predicted octanol–water partition coefficient (Wildman–Crippen LogP) is 2.43. The van der Waals surface area contributed by atoms with Crippen molar-refractivity contribution >= 4 is 6.29 Å². The largest absolute Gasteiger partial charge is 0.390 e. The molecular formula is C15H22O3. The highest BCUT2D eigenvalue weighted by molar-refractivity contribution is 5.54. The summed E-state index contributed by atoms with van der Waals surface area (Å²) in [4.78, 5) is 10.9. The van der Waals surface area contributed by atoms with Crippen molar-refractivity contribution in [1.82, 2.24) is 0 Å². The molecule has 0 saturated carbocycles. The Morgan fingerprint density at radius 1 is 1.28 bits per heavy atom. The number of hydrogen-bond acceptors (Lipinski definition) is 3. The topological polar surface area (TPSA) is 46.5 Å². The third kappa shape index (κ3) is 5.43. The van der Waals surface area contributed by atoms with Crippen molar-refractivity contribution in [2.75, 3.05) is 6.61 Å². The minimum atomic E-state index is -0.714. The molecule has 0 unspecified atom stereocenters. The maximum absolute atomic E-state index is 10.9. The Morgan fingerprint density at radius 2 is 1.94 bits per heavy atom. The first-order valence-corrected chi connectivity index (χ1v) is 6.38. The van der Waals surface area contributed by atoms with Crippen molar-refractivity contribution in [2.45, 2.75) is 33.0 Å². The van der Waals surface area contributed by atoms with E-state index < -0.39 is 6.10 Å². The number of aliphatic hydroxyl groups excluding tert-OH is 1. The third-order valence-corrected chi connectivity index (χ3v) is 2.81. The molecule has 0 aromatic heterocycles. The summed E-state index contributed by atoms with van der Waals surface area (Å²) < 4.78 is 5.44. The molecule has 0 spiro atoms. The fourth-order valence-corrected chi connectivity index (χ4v) is 1.84. The smallest absolute Gasteiger partial charge is 0.125 e. The number of carbonyl (C=O) groups is 1. The summed E-state index contributed by atoms with van der Waals surface area (Å²) >= 11 is 0. The zero-order valence-corrected chi connectivity index (χ0v) is 11.1. The average Bonchev–Trinajstić information content (AvgIpc) is 2.36. The fourth-order valence-electron chi connectivity index (χ4n) is 1.84. The van der Waals surface area contributed by atoms with E-state index in [2.05, 4.69) is 0 Å². The molecule has 3 nitrogen and oxygen atoms in total. The molecule has 0 saturated heterocycles. The summed E-state index contributed by atoms with van der Waals surface area (Å²) in [6, 6.07) is 9.78. The van der Waals surface area contributed by atoms with Crippen LogP contribution in [0.1, 0.15) is 25.8 Å². The van der Waals surface area contributed by atoms with Crippen molar-refractivity contribution in [1.29, 1.82) is 0 Å². The van der Waals surface area contributed by atoms with E-state index in [-0.39, 0.29) is 12.5 Å². The SMILES string of the molecule is CC(C)C[C@H](C=O)[C@@H](O)COCc1ccccc1. The molecule has 0 heterocycles. The summed E-state index contributed by atoms with van der Waals surface area (Å²) in [6.07, 6.45) is 0.809. The second-order valence-electron chi connectivity index (χ2n) is 5.00. The Balaban J connectivity index is 2.31. The van der Waals surface area contributed by atoms with Crippen LogP contribution >= 0.6 is 0 Å². The Bertz CT molecular complexity index is 335. The maximum atomic E-state index is 10.9. The molecule has 0 amide bonds. The van der Waals surface area contributed by atoms with Gasteiger partial charge in [0.2, 0.25) is 0 Å². The molecule has 0 aliphatic rings. The zero-order chi connectivity index (χ0) is 13.4. The number of aldehydes is 1. The van der Waals surface area contributed by atoms with Gasteiger partial charge in [0.25, 0.3) is 0 Å². The quantitative estimate of drug-likeness (QED) is 0.721. The van der Waals surface area contributed by atoms with Crippen LogP contribution in [0.25, 0.3) is 0 Å². The minimum absolute atomic E-state index is 0.199. The molecule has 1 aromatic carbocycles. The van der Waals surface area contributed by atoms with Crippen molar-refractivity contribution in [2.24, 2.45) is 11.8 Å². The molecule has 100 valence electrons. The summed E-state index contributed by atoms with van der Waals surface area (Å²) in [5.74, 6) is 0.0600. The lowest BCUT2D eigenvalue weighted by Gasteiger charge is -2.19. The minimum Gasteiger partial charge on any atom is -0.390 e. The normalized spacial score (nSPS) is 14.4. The van der Waals surface area contributed by atoms with E-state index in [0.29, 0.717) is 18.9 Å². The van der Waals surface area contributed by atoms with Crippen LogP contribution in [0, 0.1) is 11.8 Å². The van der Waals surface area contributed by atoms with Gasteiger partial charge in [0.05, 0.1) is 19.3 Å². The molecule has 0 bridgehead atoms. The molecule has 1 N–H and O–H groups in total. The first kappa shape index (κ1) is 14.9. The molecule has 0 radical (unpaired) electrons. The standard InChI is InChI=1S/C15H22O3/c1-12(2)8-14(9-16)15(17)11-18-10-13-6-4-3-5-7-13/h3-7,9,12,14-15,17H,8,10-11H2,1-2H3/t14-,15+/m1/s1. The van der Waals surface area contributed by atoms with Gasteiger partial charge >= 0.3 is 0 Å². The highest BCUT2D eigenvalue weighted by atomic mass is 16.5. The van der Waals surface area contributed by atoms with E-state index in [1.165, 1.54) is 0 Å². The molecule has 0 aliphatic carbocycles. The van der Waals surface area contributed by atoms with Gasteiger partial charge in [0.15, 0.2) is 0 Å². The average molecular weight is 250 g/mol. The van der Waals surface area contributed by atoms with E-state index in [1.54, 1.807) is 0 Å². The molecule has 18 heavy (non-hydrogen) atoms. The second-order valence-corrected chi connectivity index (χ2v) is 5.00. The molecular weight excluding hydrogens is 228 g/mol. The van der Waals surface area contributed by atoms with Crippen molar-refractivity contribution in [3.63, 3.8) is 0 Å². The Hall–Kier alpha value is -1.19. The Kier molecular flexibility index (Phi) is 6.61. The van der Waals surface area contributed by atoms with E-state index in [9.17, 15) is 9.90 Å². The zero-order valence-electron chi connectivity index (χ0n) is 11.1. The second kappa shape index (κ2) is 8.01. The third-order valence-electron chi connectivity index (χ3n) is 2.81. The van der Waals surface area contributed by atoms with Gasteiger partial charge in [-0.25, -0.2) is 0 Å². The number of rotatable bonds is 8. The summed E-state index contributed by atoms with van der Waals surface area (Å²) in [7, 11) is 0. The van der Waals surface area contributed by atoms with Crippen LogP contribution in [0.3, 0.4) is 0 Å². The molecule has 1 aromatic rings. The van der Waals surface area contributed by atoms with Gasteiger partial charge in [-0.15, -0.1) is 0 Å². The summed E-state index contributed by atoms with van der Waals surface area (Å²) in [5, 5.41) is 9.88. The summed E-state index contributed by atoms with van der Waals surface area (Å²) in [6.45, 7) is 4.73. The monoisotopic (exact) mass is 250 g/mol. The first-order chi connectivity index (χ1) is 8.63. The van der Waals surface area contributed by atoms with Crippen molar-refractivity contribution in [3.05, 3.63) is 35.9 Å². The lowest BCUT2D eigenvalue weighted by molar-refractivity contribution is -0.116. The Labute approximate surface area is 109 Å².